The highest BCUT2D eigenvalue weighted by molar-refractivity contribution is 5.97. The highest BCUT2D eigenvalue weighted by Gasteiger charge is 2.48. The Bertz CT molecular complexity index is 1230. The maximum atomic E-state index is 14.3. The number of esters is 1. The van der Waals surface area contributed by atoms with Crippen molar-refractivity contribution in [3.63, 3.8) is 0 Å². The molecule has 5 amide bonds. The third kappa shape index (κ3) is 7.94. The molecule has 0 aliphatic carbocycles. The van der Waals surface area contributed by atoms with Crippen LogP contribution in [0.15, 0.2) is 0 Å². The molecule has 48 heavy (non-hydrogen) atoms. The van der Waals surface area contributed by atoms with Gasteiger partial charge in [0.15, 0.2) is 6.10 Å². The Labute approximate surface area is 283 Å². The highest BCUT2D eigenvalue weighted by Crippen LogP contribution is 2.27. The second kappa shape index (κ2) is 15.9. The topological polar surface area (TPSA) is 181 Å². The van der Waals surface area contributed by atoms with Gasteiger partial charge in [0.2, 0.25) is 17.7 Å². The fourth-order valence-corrected chi connectivity index (χ4v) is 7.04. The van der Waals surface area contributed by atoms with Crippen molar-refractivity contribution in [2.75, 3.05) is 26.7 Å². The molecule has 1 unspecified atom stereocenters. The molecule has 0 aromatic heterocycles. The van der Waals surface area contributed by atoms with Gasteiger partial charge in [-0.3, -0.25) is 34.0 Å². The molecule has 4 heterocycles. The number of likely N-dealkylation sites (N-methyl/N-ethyl adjacent to an activating group) is 1. The molecular weight excluding hydrogens is 622 g/mol. The van der Waals surface area contributed by atoms with Crippen LogP contribution in [0.5, 0.6) is 0 Å². The van der Waals surface area contributed by atoms with Crippen molar-refractivity contribution in [2.45, 2.75) is 129 Å². The lowest BCUT2D eigenvalue weighted by atomic mass is 9.96. The van der Waals surface area contributed by atoms with E-state index in [1.807, 2.05) is 20.8 Å². The van der Waals surface area contributed by atoms with Gasteiger partial charge >= 0.3 is 5.97 Å². The molecule has 4 rings (SSSR count). The van der Waals surface area contributed by atoms with Gasteiger partial charge in [-0.05, 0) is 49.9 Å². The van der Waals surface area contributed by atoms with Crippen LogP contribution in [-0.4, -0.2) is 130 Å². The van der Waals surface area contributed by atoms with Crippen LogP contribution < -0.4 is 16.2 Å². The highest BCUT2D eigenvalue weighted by atomic mass is 16.6. The zero-order valence-electron chi connectivity index (χ0n) is 29.4. The Hall–Kier alpha value is -3.30. The molecule has 4 aliphatic rings. The van der Waals surface area contributed by atoms with E-state index < -0.39 is 83.8 Å². The molecule has 0 spiro atoms. The van der Waals surface area contributed by atoms with Crippen LogP contribution in [0.4, 0.5) is 0 Å². The van der Waals surface area contributed by atoms with E-state index in [9.17, 15) is 33.9 Å². The van der Waals surface area contributed by atoms with Crippen LogP contribution in [-0.2, 0) is 33.5 Å². The summed E-state index contributed by atoms with van der Waals surface area (Å²) in [7, 11) is 1.51. The second-order valence-corrected chi connectivity index (χ2v) is 14.5. The molecule has 0 radical (unpaired) electrons. The molecule has 8 atom stereocenters. The van der Waals surface area contributed by atoms with E-state index in [0.717, 1.165) is 0 Å². The van der Waals surface area contributed by atoms with Gasteiger partial charge in [-0.15, -0.1) is 0 Å². The maximum Gasteiger partial charge on any atom is 0.329 e. The van der Waals surface area contributed by atoms with E-state index in [0.29, 0.717) is 45.2 Å². The van der Waals surface area contributed by atoms with Crippen LogP contribution in [0.3, 0.4) is 0 Å². The summed E-state index contributed by atoms with van der Waals surface area (Å²) < 4.78 is 5.88. The Morgan fingerprint density at radius 3 is 2.17 bits per heavy atom. The lowest BCUT2D eigenvalue weighted by Gasteiger charge is -2.45. The molecule has 0 aromatic rings. The molecular formula is C33H55N7O8. The lowest BCUT2D eigenvalue weighted by Crippen LogP contribution is -2.69. The van der Waals surface area contributed by atoms with Crippen molar-refractivity contribution in [3.8, 4) is 0 Å². The first-order valence-electron chi connectivity index (χ1n) is 17.6. The molecule has 4 saturated heterocycles. The number of nitrogens with one attached hydrogen (secondary N) is 3. The summed E-state index contributed by atoms with van der Waals surface area (Å²) in [4.78, 5) is 87.5. The first-order valence-corrected chi connectivity index (χ1v) is 17.6. The molecule has 270 valence electrons. The van der Waals surface area contributed by atoms with Gasteiger partial charge < -0.3 is 25.0 Å². The number of hydrazine groups is 2. The van der Waals surface area contributed by atoms with Gasteiger partial charge in [-0.25, -0.2) is 15.6 Å². The normalized spacial score (nSPS) is 32.4. The summed E-state index contributed by atoms with van der Waals surface area (Å²) in [6.07, 6.45) is 0.320. The largest absolute Gasteiger partial charge is 0.450 e. The summed E-state index contributed by atoms with van der Waals surface area (Å²) in [5.74, 6) is -4.20. The van der Waals surface area contributed by atoms with Gasteiger partial charge in [-0.2, -0.15) is 0 Å². The summed E-state index contributed by atoms with van der Waals surface area (Å²) in [5.41, 5.74) is 5.91. The standard InChI is InChI=1S/C33H55N7O8/c1-8-20(6)26-33(47)48-27(19(4)5)32(46)39-23(11-9-13-34-39)31(45)40-25(16-21(41)17-35-40)29(43)37(7)24(15-18(2)3)30(44)38-14-10-12-22(38)28(42)36-26/h18-27,34-35,41H,8-17H2,1-7H3,(H,36,42)/t20?,21-,22-,23+,24+,25-,26+,27-/m0/s1. The van der Waals surface area contributed by atoms with Crippen molar-refractivity contribution in [3.05, 3.63) is 0 Å². The van der Waals surface area contributed by atoms with Crippen LogP contribution >= 0.6 is 0 Å². The number of β-amino-alcohol motifs (C(OH)–C–C–N with tert-alkyl or cyclic N) is 1. The number of cyclic esters (lactones) is 1. The zero-order chi connectivity index (χ0) is 35.4. The van der Waals surface area contributed by atoms with Crippen molar-refractivity contribution in [1.29, 1.82) is 0 Å². The number of amides is 5. The van der Waals surface area contributed by atoms with Crippen LogP contribution in [0.2, 0.25) is 0 Å². The average Bonchev–Trinajstić information content (AvgIpc) is 3.56. The number of fused-ring (bicyclic) bond motifs is 3. The van der Waals surface area contributed by atoms with Gasteiger partial charge in [0.05, 0.1) is 6.10 Å². The second-order valence-electron chi connectivity index (χ2n) is 14.5. The monoisotopic (exact) mass is 677 g/mol. The Balaban J connectivity index is 1.82. The fourth-order valence-electron chi connectivity index (χ4n) is 7.04. The number of carbonyl (C=O) groups excluding carboxylic acids is 6. The number of aliphatic hydroxyl groups excluding tert-OH is 1. The van der Waals surface area contributed by atoms with E-state index in [-0.39, 0.29) is 31.2 Å². The Morgan fingerprint density at radius 1 is 0.854 bits per heavy atom. The number of ether oxygens (including phenoxy) is 1. The Kier molecular flexibility index (Phi) is 12.5. The summed E-state index contributed by atoms with van der Waals surface area (Å²) in [6.45, 7) is 11.7. The Morgan fingerprint density at radius 2 is 1.52 bits per heavy atom. The maximum absolute atomic E-state index is 14.3. The minimum Gasteiger partial charge on any atom is -0.450 e. The number of hydrogen-bond donors (Lipinski definition) is 4. The zero-order valence-corrected chi connectivity index (χ0v) is 29.4. The summed E-state index contributed by atoms with van der Waals surface area (Å²) in [6, 6.07) is -5.11. The first-order chi connectivity index (χ1) is 22.7. The number of hydrogen-bond acceptors (Lipinski definition) is 10. The van der Waals surface area contributed by atoms with Crippen molar-refractivity contribution in [1.82, 2.24) is 36.0 Å². The fraction of sp³-hybridized carbons (Fsp3) is 0.818. The van der Waals surface area contributed by atoms with Gasteiger partial charge in [0.1, 0.15) is 30.2 Å². The first kappa shape index (κ1) is 37.5. The third-order valence-electron chi connectivity index (χ3n) is 10.1. The summed E-state index contributed by atoms with van der Waals surface area (Å²) in [5, 5.41) is 15.8. The predicted molar refractivity (Wildman–Crippen MR) is 174 cm³/mol. The van der Waals surface area contributed by atoms with E-state index in [4.69, 9.17) is 4.74 Å². The average molecular weight is 678 g/mol. The molecule has 0 bridgehead atoms. The van der Waals surface area contributed by atoms with Crippen LogP contribution in [0.25, 0.3) is 0 Å². The molecule has 4 aliphatic heterocycles. The van der Waals surface area contributed by atoms with Gasteiger partial charge in [0.25, 0.3) is 11.8 Å². The quantitative estimate of drug-likeness (QED) is 0.288. The number of aliphatic hydroxyl groups is 1. The van der Waals surface area contributed by atoms with E-state index in [2.05, 4.69) is 16.2 Å². The number of nitrogens with zero attached hydrogens (tertiary/aromatic N) is 4. The predicted octanol–water partition coefficient (Wildman–Crippen LogP) is -0.0752. The third-order valence-corrected chi connectivity index (χ3v) is 10.1. The van der Waals surface area contributed by atoms with Crippen molar-refractivity contribution >= 4 is 35.5 Å². The molecule has 4 N–H and O–H groups in total. The van der Waals surface area contributed by atoms with E-state index in [1.54, 1.807) is 20.8 Å². The smallest absolute Gasteiger partial charge is 0.329 e. The minimum absolute atomic E-state index is 0.00101. The molecule has 15 heteroatoms. The number of rotatable bonds is 5. The number of carbonyl (C=O) groups is 6. The van der Waals surface area contributed by atoms with Crippen molar-refractivity contribution < 1.29 is 38.6 Å². The van der Waals surface area contributed by atoms with Gasteiger partial charge in [-0.1, -0.05) is 48.0 Å². The van der Waals surface area contributed by atoms with Crippen molar-refractivity contribution in [2.24, 2.45) is 17.8 Å². The van der Waals surface area contributed by atoms with Gasteiger partial charge in [0, 0.05) is 33.1 Å². The van der Waals surface area contributed by atoms with Crippen LogP contribution in [0.1, 0.15) is 86.5 Å². The van der Waals surface area contributed by atoms with E-state index >= 15 is 0 Å². The molecule has 4 fully saturated rings. The lowest BCUT2D eigenvalue weighted by molar-refractivity contribution is -0.175. The van der Waals surface area contributed by atoms with Crippen LogP contribution in [0, 0.1) is 17.8 Å². The molecule has 0 saturated carbocycles. The summed E-state index contributed by atoms with van der Waals surface area (Å²) >= 11 is 0. The molecule has 15 nitrogen and oxygen atoms in total. The van der Waals surface area contributed by atoms with E-state index in [1.165, 1.54) is 26.9 Å². The minimum atomic E-state index is -1.28. The molecule has 0 aromatic carbocycles. The SMILES string of the molecule is CCC(C)[C@H]1NC(=O)[C@@H]2CCCN2C(=O)[C@@H](CC(C)C)N(C)C(=O)[C@@H]2C[C@H](O)CNN2C(=O)[C@H]2CCCNN2C(=O)[C@H](C(C)C)OC1=O.